The molecule has 2 atom stereocenters. The Morgan fingerprint density at radius 1 is 1.02 bits per heavy atom. The van der Waals surface area contributed by atoms with Crippen LogP contribution in [0.2, 0.25) is 0 Å². The van der Waals surface area contributed by atoms with Crippen molar-refractivity contribution in [2.75, 3.05) is 42.7 Å². The molecule has 0 fully saturated rings. The topological polar surface area (TPSA) is 125 Å². The van der Waals surface area contributed by atoms with Gasteiger partial charge < -0.3 is 24.5 Å². The molecular weight excluding hydrogens is 601 g/mol. The number of aromatic nitrogens is 4. The first-order chi connectivity index (χ1) is 20.7. The summed E-state index contributed by atoms with van der Waals surface area (Å²) in [5.74, 6) is 5.77. The lowest BCUT2D eigenvalue weighted by molar-refractivity contribution is 0.0718. The zero-order valence-electron chi connectivity index (χ0n) is 25.8. The van der Waals surface area contributed by atoms with E-state index in [2.05, 4.69) is 69.0 Å². The zero-order chi connectivity index (χ0) is 31.0. The summed E-state index contributed by atoms with van der Waals surface area (Å²) in [6.07, 6.45) is 17.4. The maximum atomic E-state index is 12.3. The first-order valence-corrected chi connectivity index (χ1v) is 20.4. The molecule has 0 bridgehead atoms. The van der Waals surface area contributed by atoms with Crippen LogP contribution in [0.15, 0.2) is 47.9 Å². The number of hydrogen-bond donors (Lipinski definition) is 2. The van der Waals surface area contributed by atoms with Crippen molar-refractivity contribution in [1.82, 2.24) is 19.5 Å². The molecule has 0 saturated carbocycles. The van der Waals surface area contributed by atoms with Gasteiger partial charge in [-0.05, 0) is 62.3 Å². The standard InChI is InChI=1S/C31H48N5O4PS2/c1-27(23-36-25-35-29-30(32)33-24-34-31(29)36)39-26-41(37,38)40-19-16-21-42-20-14-9-7-5-4-6-8-10-15-22-43(2,3)28-17-12-11-13-18-28/h11-13,17-18,24-25,27H,4-10,14,16,19-21,23,26H2,1-3H3,(H,37,38)(H2,32,33,34)/t27-/m1/s1. The maximum Gasteiger partial charge on any atom is 0.353 e. The summed E-state index contributed by atoms with van der Waals surface area (Å²) < 4.78 is 25.0. The molecular formula is C31H48N5O4PS2. The van der Waals surface area contributed by atoms with Crippen LogP contribution in [0.4, 0.5) is 5.82 Å². The van der Waals surface area contributed by atoms with Gasteiger partial charge in [-0.1, -0.05) is 61.5 Å². The van der Waals surface area contributed by atoms with E-state index in [1.165, 1.54) is 56.2 Å². The molecule has 0 saturated heterocycles. The Balaban J connectivity index is 1.12. The lowest BCUT2D eigenvalue weighted by Gasteiger charge is -2.24. The molecule has 0 aliphatic rings. The quantitative estimate of drug-likeness (QED) is 0.0737. The number of nitrogens with zero attached hydrogens (tertiary/aromatic N) is 4. The molecule has 43 heavy (non-hydrogen) atoms. The molecule has 3 aromatic rings. The minimum atomic E-state index is -3.81. The van der Waals surface area contributed by atoms with Crippen LogP contribution in [0.1, 0.15) is 64.7 Å². The number of anilines is 1. The average Bonchev–Trinajstić information content (AvgIpc) is 3.40. The monoisotopic (exact) mass is 649 g/mol. The van der Waals surface area contributed by atoms with E-state index in [9.17, 15) is 9.46 Å². The van der Waals surface area contributed by atoms with Crippen molar-refractivity contribution in [3.05, 3.63) is 43.0 Å². The van der Waals surface area contributed by atoms with E-state index in [1.807, 2.05) is 18.7 Å². The van der Waals surface area contributed by atoms with Crippen LogP contribution >= 0.6 is 29.4 Å². The summed E-state index contributed by atoms with van der Waals surface area (Å²) in [7, 11) is -4.82. The minimum Gasteiger partial charge on any atom is -0.382 e. The highest BCUT2D eigenvalue weighted by atomic mass is 32.3. The summed E-state index contributed by atoms with van der Waals surface area (Å²) in [6, 6.07) is 10.6. The van der Waals surface area contributed by atoms with E-state index < -0.39 is 17.6 Å². The average molecular weight is 650 g/mol. The van der Waals surface area contributed by atoms with Crippen molar-refractivity contribution in [2.45, 2.75) is 82.3 Å². The van der Waals surface area contributed by atoms with Gasteiger partial charge in [0, 0.05) is 11.3 Å². The molecule has 0 amide bonds. The normalized spacial score (nSPS) is 14.2. The van der Waals surface area contributed by atoms with E-state index in [4.69, 9.17) is 15.0 Å². The Morgan fingerprint density at radius 3 is 2.49 bits per heavy atom. The zero-order valence-corrected chi connectivity index (χ0v) is 28.3. The molecule has 0 spiro atoms. The van der Waals surface area contributed by atoms with E-state index in [-0.39, 0.29) is 19.1 Å². The van der Waals surface area contributed by atoms with Gasteiger partial charge in [-0.2, -0.15) is 21.8 Å². The molecule has 3 N–H and O–H groups in total. The Hall–Kier alpha value is -2.06. The molecule has 3 rings (SSSR count). The largest absolute Gasteiger partial charge is 0.382 e. The van der Waals surface area contributed by atoms with Gasteiger partial charge in [0.05, 0.1) is 25.6 Å². The SMILES string of the molecule is C[C@H](Cn1cnc2c(N)ncnc21)OCP(=O)(O)OCCCSCCCCCCCCCC#CS(C)(C)c1ccccc1. The maximum absolute atomic E-state index is 12.3. The number of rotatable bonds is 20. The molecule has 238 valence electrons. The van der Waals surface area contributed by atoms with E-state index in [0.717, 1.165) is 24.3 Å². The van der Waals surface area contributed by atoms with Gasteiger partial charge in [-0.15, -0.1) is 0 Å². The molecule has 9 nitrogen and oxygen atoms in total. The second kappa shape index (κ2) is 18.7. The Labute approximate surface area is 263 Å². The number of thioether (sulfide) groups is 1. The predicted molar refractivity (Wildman–Crippen MR) is 182 cm³/mol. The lowest BCUT2D eigenvalue weighted by atomic mass is 10.1. The van der Waals surface area contributed by atoms with Gasteiger partial charge in [0.25, 0.3) is 0 Å². The van der Waals surface area contributed by atoms with Crippen molar-refractivity contribution in [3.8, 4) is 11.2 Å². The van der Waals surface area contributed by atoms with Gasteiger partial charge in [0.2, 0.25) is 0 Å². The van der Waals surface area contributed by atoms with Crippen LogP contribution in [0.3, 0.4) is 0 Å². The van der Waals surface area contributed by atoms with Crippen molar-refractivity contribution < 1.29 is 18.7 Å². The first kappa shape index (κ1) is 35.4. The number of ether oxygens (including phenoxy) is 1. The van der Waals surface area contributed by atoms with Crippen LogP contribution in [0, 0.1) is 11.2 Å². The van der Waals surface area contributed by atoms with Crippen LogP contribution in [0.5, 0.6) is 0 Å². The number of hydrogen-bond acceptors (Lipinski definition) is 8. The first-order valence-electron chi connectivity index (χ1n) is 15.0. The Bertz CT molecular complexity index is 1350. The summed E-state index contributed by atoms with van der Waals surface area (Å²) in [5, 5.41) is 3.53. The van der Waals surface area contributed by atoms with Crippen molar-refractivity contribution in [1.29, 1.82) is 0 Å². The highest BCUT2D eigenvalue weighted by molar-refractivity contribution is 8.36. The summed E-state index contributed by atoms with van der Waals surface area (Å²) in [6.45, 7) is 2.47. The van der Waals surface area contributed by atoms with E-state index >= 15 is 0 Å². The molecule has 0 radical (unpaired) electrons. The number of imidazole rings is 1. The predicted octanol–water partition coefficient (Wildman–Crippen LogP) is 7.30. The van der Waals surface area contributed by atoms with Gasteiger partial charge >= 0.3 is 7.60 Å². The molecule has 1 aromatic carbocycles. The van der Waals surface area contributed by atoms with Gasteiger partial charge in [0.15, 0.2) is 11.5 Å². The van der Waals surface area contributed by atoms with E-state index in [1.54, 1.807) is 10.9 Å². The highest BCUT2D eigenvalue weighted by Crippen LogP contribution is 2.47. The molecule has 12 heteroatoms. The third-order valence-corrected chi connectivity index (χ3v) is 11.2. The van der Waals surface area contributed by atoms with Crippen LogP contribution in [0.25, 0.3) is 11.2 Å². The second-order valence-electron chi connectivity index (χ2n) is 11.0. The fourth-order valence-electron chi connectivity index (χ4n) is 4.44. The summed E-state index contributed by atoms with van der Waals surface area (Å²) in [5.41, 5.74) is 6.94. The molecule has 1 unspecified atom stereocenters. The van der Waals surface area contributed by atoms with Crippen LogP contribution in [-0.4, -0.2) is 67.5 Å². The number of nitrogens with two attached hydrogens (primary N) is 1. The molecule has 0 aliphatic heterocycles. The van der Waals surface area contributed by atoms with E-state index in [0.29, 0.717) is 23.5 Å². The Morgan fingerprint density at radius 2 is 1.72 bits per heavy atom. The highest BCUT2D eigenvalue weighted by Gasteiger charge is 2.21. The van der Waals surface area contributed by atoms with Gasteiger partial charge in [-0.25, -0.2) is 15.0 Å². The second-order valence-corrected chi connectivity index (χ2v) is 17.4. The summed E-state index contributed by atoms with van der Waals surface area (Å²) in [4.78, 5) is 23.8. The minimum absolute atomic E-state index is 0.246. The number of benzene rings is 1. The number of nitrogen functional groups attached to an aromatic ring is 1. The smallest absolute Gasteiger partial charge is 0.353 e. The lowest BCUT2D eigenvalue weighted by Crippen LogP contribution is -2.17. The third-order valence-electron chi connectivity index (χ3n) is 6.88. The number of unbranched alkanes of at least 4 members (excludes halogenated alkanes) is 7. The third kappa shape index (κ3) is 13.2. The molecule has 0 aliphatic carbocycles. The van der Waals surface area contributed by atoms with Crippen molar-refractivity contribution in [3.63, 3.8) is 0 Å². The summed E-state index contributed by atoms with van der Waals surface area (Å²) >= 11 is 1.88. The van der Waals surface area contributed by atoms with Crippen molar-refractivity contribution in [2.24, 2.45) is 0 Å². The fraction of sp³-hybridized carbons (Fsp3) is 0.581. The van der Waals surface area contributed by atoms with Crippen molar-refractivity contribution >= 4 is 46.4 Å². The van der Waals surface area contributed by atoms with Gasteiger partial charge in [-0.3, -0.25) is 4.57 Å². The van der Waals surface area contributed by atoms with Crippen LogP contribution < -0.4 is 5.73 Å². The molecule has 2 aromatic heterocycles. The van der Waals surface area contributed by atoms with Crippen LogP contribution in [-0.2, 0) is 20.4 Å². The fourth-order valence-corrected chi connectivity index (χ4v) is 7.73. The molecule has 2 heterocycles. The number of fused-ring (bicyclic) bond motifs is 1. The van der Waals surface area contributed by atoms with Gasteiger partial charge in [0.1, 0.15) is 18.2 Å². The Kier molecular flexibility index (Phi) is 15.4.